The quantitative estimate of drug-likeness (QED) is 0.774. The molecule has 1 atom stereocenters. The second-order valence-electron chi connectivity index (χ2n) is 3.95. The lowest BCUT2D eigenvalue weighted by Gasteiger charge is -2.12. The molecular formula is C13H17FN2. The maximum absolute atomic E-state index is 13.1. The van der Waals surface area contributed by atoms with Crippen molar-refractivity contribution in [1.82, 2.24) is 0 Å². The van der Waals surface area contributed by atoms with Gasteiger partial charge in [-0.25, -0.2) is 4.39 Å². The zero-order valence-electron chi connectivity index (χ0n) is 9.54. The maximum atomic E-state index is 13.1. The van der Waals surface area contributed by atoms with E-state index in [-0.39, 0.29) is 11.6 Å². The predicted molar refractivity (Wildman–Crippen MR) is 62.2 cm³/mol. The smallest absolute Gasteiger partial charge is 0.140 e. The molecule has 16 heavy (non-hydrogen) atoms. The molecule has 0 bridgehead atoms. The van der Waals surface area contributed by atoms with Gasteiger partial charge in [0.2, 0.25) is 0 Å². The van der Waals surface area contributed by atoms with Crippen LogP contribution in [0.5, 0.6) is 0 Å². The third kappa shape index (κ3) is 3.32. The van der Waals surface area contributed by atoms with Crippen LogP contribution >= 0.6 is 0 Å². The molecule has 0 aliphatic carbocycles. The molecule has 1 rings (SSSR count). The minimum Gasteiger partial charge on any atom is -0.324 e. The molecule has 0 aliphatic rings. The fraction of sp³-hybridized carbons (Fsp3) is 0.462. The molecule has 1 aromatic rings. The summed E-state index contributed by atoms with van der Waals surface area (Å²) in [5.41, 5.74) is 6.89. The van der Waals surface area contributed by atoms with Crippen molar-refractivity contribution in [2.45, 2.75) is 38.6 Å². The van der Waals surface area contributed by atoms with Crippen LogP contribution in [0.25, 0.3) is 0 Å². The first-order chi connectivity index (χ1) is 7.69. The van der Waals surface area contributed by atoms with E-state index in [4.69, 9.17) is 11.0 Å². The Morgan fingerprint density at radius 3 is 2.81 bits per heavy atom. The Kier molecular flexibility index (Phi) is 4.94. The van der Waals surface area contributed by atoms with E-state index < -0.39 is 5.82 Å². The van der Waals surface area contributed by atoms with Gasteiger partial charge in [0.05, 0.1) is 5.56 Å². The maximum Gasteiger partial charge on any atom is 0.140 e. The van der Waals surface area contributed by atoms with E-state index in [1.165, 1.54) is 6.07 Å². The summed E-state index contributed by atoms with van der Waals surface area (Å²) in [5.74, 6) is -0.480. The molecule has 86 valence electrons. The largest absolute Gasteiger partial charge is 0.324 e. The highest BCUT2D eigenvalue weighted by atomic mass is 19.1. The third-order valence-corrected chi connectivity index (χ3v) is 2.66. The molecule has 0 aliphatic heterocycles. The Morgan fingerprint density at radius 2 is 2.19 bits per heavy atom. The zero-order valence-corrected chi connectivity index (χ0v) is 9.54. The molecule has 0 unspecified atom stereocenters. The molecule has 3 heteroatoms. The third-order valence-electron chi connectivity index (χ3n) is 2.66. The molecule has 0 aromatic heterocycles. The lowest BCUT2D eigenvalue weighted by molar-refractivity contribution is 0.577. The highest BCUT2D eigenvalue weighted by molar-refractivity contribution is 5.35. The van der Waals surface area contributed by atoms with Crippen LogP contribution < -0.4 is 5.73 Å². The van der Waals surface area contributed by atoms with E-state index in [0.717, 1.165) is 31.2 Å². The fourth-order valence-corrected chi connectivity index (χ4v) is 1.64. The monoisotopic (exact) mass is 220 g/mol. The van der Waals surface area contributed by atoms with E-state index in [1.807, 2.05) is 6.07 Å². The van der Waals surface area contributed by atoms with Crippen molar-refractivity contribution in [2.24, 2.45) is 5.73 Å². The Balaban J connectivity index is 2.69. The summed E-state index contributed by atoms with van der Waals surface area (Å²) < 4.78 is 13.1. The predicted octanol–water partition coefficient (Wildman–Crippen LogP) is 3.28. The van der Waals surface area contributed by atoms with Gasteiger partial charge in [-0.1, -0.05) is 32.3 Å². The Bertz CT molecular complexity index is 382. The lowest BCUT2D eigenvalue weighted by Crippen LogP contribution is -2.10. The molecule has 0 spiro atoms. The van der Waals surface area contributed by atoms with Gasteiger partial charge in [-0.2, -0.15) is 5.26 Å². The van der Waals surface area contributed by atoms with E-state index in [9.17, 15) is 4.39 Å². The topological polar surface area (TPSA) is 49.8 Å². The van der Waals surface area contributed by atoms with Crippen molar-refractivity contribution in [3.05, 3.63) is 35.1 Å². The van der Waals surface area contributed by atoms with Crippen LogP contribution in [0.2, 0.25) is 0 Å². The first-order valence-electron chi connectivity index (χ1n) is 5.64. The summed E-state index contributed by atoms with van der Waals surface area (Å²) in [6, 6.07) is 6.25. The first kappa shape index (κ1) is 12.7. The number of hydrogen-bond acceptors (Lipinski definition) is 2. The van der Waals surface area contributed by atoms with Crippen LogP contribution in [0.15, 0.2) is 18.2 Å². The fourth-order valence-electron chi connectivity index (χ4n) is 1.64. The summed E-state index contributed by atoms with van der Waals surface area (Å²) >= 11 is 0. The summed E-state index contributed by atoms with van der Waals surface area (Å²) in [5, 5.41) is 8.71. The van der Waals surface area contributed by atoms with Crippen LogP contribution in [0, 0.1) is 17.1 Å². The minimum absolute atomic E-state index is 0.0726. The standard InChI is InChI=1S/C13H17FN2/c1-2-3-4-5-13(16)10-6-7-12(14)11(8-10)9-15/h6-8,13H,2-5,16H2,1H3/t13-/m0/s1. The van der Waals surface area contributed by atoms with Gasteiger partial charge in [-0.15, -0.1) is 0 Å². The van der Waals surface area contributed by atoms with Gasteiger partial charge in [0.25, 0.3) is 0 Å². The Morgan fingerprint density at radius 1 is 1.44 bits per heavy atom. The summed E-state index contributed by atoms with van der Waals surface area (Å²) in [6.45, 7) is 2.14. The number of halogens is 1. The van der Waals surface area contributed by atoms with Gasteiger partial charge in [-0.05, 0) is 24.1 Å². The van der Waals surface area contributed by atoms with Crippen molar-refractivity contribution in [3.8, 4) is 6.07 Å². The average Bonchev–Trinajstić information content (AvgIpc) is 2.30. The molecule has 2 N–H and O–H groups in total. The van der Waals surface area contributed by atoms with Gasteiger partial charge in [0.1, 0.15) is 11.9 Å². The molecule has 2 nitrogen and oxygen atoms in total. The van der Waals surface area contributed by atoms with Gasteiger partial charge in [0.15, 0.2) is 0 Å². The summed E-state index contributed by atoms with van der Waals surface area (Å²) in [4.78, 5) is 0. The van der Waals surface area contributed by atoms with Gasteiger partial charge in [0, 0.05) is 6.04 Å². The van der Waals surface area contributed by atoms with Crippen LogP contribution in [0.3, 0.4) is 0 Å². The molecule has 1 aromatic carbocycles. The van der Waals surface area contributed by atoms with E-state index in [0.29, 0.717) is 0 Å². The molecule has 0 saturated heterocycles. The first-order valence-corrected chi connectivity index (χ1v) is 5.64. The van der Waals surface area contributed by atoms with Crippen LogP contribution in [0.1, 0.15) is 49.8 Å². The van der Waals surface area contributed by atoms with Crippen molar-refractivity contribution < 1.29 is 4.39 Å². The van der Waals surface area contributed by atoms with Crippen molar-refractivity contribution in [3.63, 3.8) is 0 Å². The van der Waals surface area contributed by atoms with Gasteiger partial charge < -0.3 is 5.73 Å². The number of nitrogens with zero attached hydrogens (tertiary/aromatic N) is 1. The molecule has 0 heterocycles. The summed E-state index contributed by atoms with van der Waals surface area (Å²) in [6.07, 6.45) is 4.25. The molecule has 0 radical (unpaired) electrons. The van der Waals surface area contributed by atoms with Crippen molar-refractivity contribution in [1.29, 1.82) is 5.26 Å². The highest BCUT2D eigenvalue weighted by Gasteiger charge is 2.09. The molecule has 0 fully saturated rings. The lowest BCUT2D eigenvalue weighted by atomic mass is 9.99. The van der Waals surface area contributed by atoms with Crippen molar-refractivity contribution >= 4 is 0 Å². The van der Waals surface area contributed by atoms with E-state index >= 15 is 0 Å². The van der Waals surface area contributed by atoms with Gasteiger partial charge in [-0.3, -0.25) is 0 Å². The molecule has 0 amide bonds. The highest BCUT2D eigenvalue weighted by Crippen LogP contribution is 2.19. The second kappa shape index (κ2) is 6.24. The SMILES string of the molecule is CCCCC[C@H](N)c1ccc(F)c(C#N)c1. The number of benzene rings is 1. The Hall–Kier alpha value is -1.40. The van der Waals surface area contributed by atoms with Gasteiger partial charge >= 0.3 is 0 Å². The number of nitriles is 1. The van der Waals surface area contributed by atoms with Crippen molar-refractivity contribution in [2.75, 3.05) is 0 Å². The number of unbranched alkanes of at least 4 members (excludes halogenated alkanes) is 2. The van der Waals surface area contributed by atoms with E-state index in [2.05, 4.69) is 6.92 Å². The number of rotatable bonds is 5. The molecule has 0 saturated carbocycles. The summed E-state index contributed by atoms with van der Waals surface area (Å²) in [7, 11) is 0. The zero-order chi connectivity index (χ0) is 12.0. The Labute approximate surface area is 95.9 Å². The van der Waals surface area contributed by atoms with E-state index in [1.54, 1.807) is 12.1 Å². The molecular weight excluding hydrogens is 203 g/mol. The minimum atomic E-state index is -0.480. The number of nitrogens with two attached hydrogens (primary N) is 1. The van der Waals surface area contributed by atoms with Crippen LogP contribution in [-0.4, -0.2) is 0 Å². The van der Waals surface area contributed by atoms with Crippen LogP contribution in [0.4, 0.5) is 4.39 Å². The van der Waals surface area contributed by atoms with Crippen LogP contribution in [-0.2, 0) is 0 Å². The normalized spacial score (nSPS) is 12.1. The average molecular weight is 220 g/mol. The number of hydrogen-bond donors (Lipinski definition) is 1. The second-order valence-corrected chi connectivity index (χ2v) is 3.95.